The van der Waals surface area contributed by atoms with Crippen molar-refractivity contribution >= 4 is 17.9 Å². The second-order valence-corrected chi connectivity index (χ2v) is 6.27. The van der Waals surface area contributed by atoms with E-state index in [0.29, 0.717) is 5.92 Å². The van der Waals surface area contributed by atoms with Gasteiger partial charge in [0.1, 0.15) is 0 Å². The standard InChI is InChI=1S/C19H22N2O/c1-14-10-15(12-17-6-4-8-20(17)2)19(22)16(11-14)13-18-7-5-9-21(18)3/h4-9,12-14H,10-11H2,1-3H3/b15-12+,16-13+. The van der Waals surface area contributed by atoms with Crippen molar-refractivity contribution in [2.75, 3.05) is 0 Å². The van der Waals surface area contributed by atoms with Gasteiger partial charge < -0.3 is 9.13 Å². The van der Waals surface area contributed by atoms with E-state index in [2.05, 4.69) is 6.92 Å². The number of allylic oxidation sites excluding steroid dienone is 2. The number of Topliss-reactive ketones (excluding diaryl/α,β-unsaturated/α-hetero) is 1. The summed E-state index contributed by atoms with van der Waals surface area (Å²) in [7, 11) is 4.01. The van der Waals surface area contributed by atoms with Crippen molar-refractivity contribution in [1.29, 1.82) is 0 Å². The minimum absolute atomic E-state index is 0.195. The van der Waals surface area contributed by atoms with Crippen molar-refractivity contribution < 1.29 is 4.79 Å². The monoisotopic (exact) mass is 294 g/mol. The van der Waals surface area contributed by atoms with Gasteiger partial charge in [0.05, 0.1) is 0 Å². The van der Waals surface area contributed by atoms with Gasteiger partial charge in [-0.15, -0.1) is 0 Å². The first-order valence-corrected chi connectivity index (χ1v) is 7.73. The molecule has 0 N–H and O–H groups in total. The fraction of sp³-hybridized carbons (Fsp3) is 0.316. The molecule has 2 aromatic heterocycles. The van der Waals surface area contributed by atoms with Gasteiger partial charge in [-0.2, -0.15) is 0 Å². The van der Waals surface area contributed by atoms with Crippen LogP contribution in [0.4, 0.5) is 0 Å². The number of hydrogen-bond donors (Lipinski definition) is 0. The zero-order valence-corrected chi connectivity index (χ0v) is 13.4. The highest BCUT2D eigenvalue weighted by atomic mass is 16.1. The third-order valence-electron chi connectivity index (χ3n) is 4.33. The van der Waals surface area contributed by atoms with Crippen molar-refractivity contribution in [2.24, 2.45) is 20.0 Å². The van der Waals surface area contributed by atoms with Crippen LogP contribution < -0.4 is 0 Å². The van der Waals surface area contributed by atoms with E-state index in [9.17, 15) is 4.79 Å². The van der Waals surface area contributed by atoms with E-state index in [1.54, 1.807) is 0 Å². The molecule has 114 valence electrons. The summed E-state index contributed by atoms with van der Waals surface area (Å²) in [4.78, 5) is 12.8. The molecule has 0 amide bonds. The lowest BCUT2D eigenvalue weighted by Gasteiger charge is -2.22. The summed E-state index contributed by atoms with van der Waals surface area (Å²) < 4.78 is 4.08. The Kier molecular flexibility index (Phi) is 3.88. The summed E-state index contributed by atoms with van der Waals surface area (Å²) >= 11 is 0. The van der Waals surface area contributed by atoms with Crippen molar-refractivity contribution in [3.8, 4) is 0 Å². The molecular formula is C19H22N2O. The second kappa shape index (κ2) is 5.84. The number of carbonyl (C=O) groups is 1. The molecule has 0 bridgehead atoms. The average molecular weight is 294 g/mol. The predicted molar refractivity (Wildman–Crippen MR) is 90.2 cm³/mol. The number of rotatable bonds is 2. The van der Waals surface area contributed by atoms with Gasteiger partial charge in [0.2, 0.25) is 0 Å². The largest absolute Gasteiger partial charge is 0.351 e. The Hall–Kier alpha value is -2.29. The quantitative estimate of drug-likeness (QED) is 0.773. The Bertz CT molecular complexity index is 696. The highest BCUT2D eigenvalue weighted by Gasteiger charge is 2.25. The predicted octanol–water partition coefficient (Wildman–Crippen LogP) is 3.83. The van der Waals surface area contributed by atoms with Gasteiger partial charge in [-0.05, 0) is 55.2 Å². The molecule has 1 saturated carbocycles. The smallest absolute Gasteiger partial charge is 0.185 e. The van der Waals surface area contributed by atoms with Crippen LogP contribution in [0.1, 0.15) is 31.2 Å². The molecule has 0 saturated heterocycles. The summed E-state index contributed by atoms with van der Waals surface area (Å²) in [6.45, 7) is 2.21. The maximum atomic E-state index is 12.8. The van der Waals surface area contributed by atoms with E-state index < -0.39 is 0 Å². The van der Waals surface area contributed by atoms with E-state index >= 15 is 0 Å². The lowest BCUT2D eigenvalue weighted by atomic mass is 9.81. The highest BCUT2D eigenvalue weighted by molar-refractivity contribution is 6.13. The van der Waals surface area contributed by atoms with E-state index in [0.717, 1.165) is 35.4 Å². The Morgan fingerprint density at radius 3 is 1.77 bits per heavy atom. The van der Waals surface area contributed by atoms with Crippen LogP contribution in [0.5, 0.6) is 0 Å². The van der Waals surface area contributed by atoms with E-state index in [-0.39, 0.29) is 5.78 Å². The fourth-order valence-corrected chi connectivity index (χ4v) is 3.07. The number of ketones is 1. The number of hydrogen-bond acceptors (Lipinski definition) is 1. The minimum atomic E-state index is 0.195. The normalized spacial score (nSPS) is 22.7. The SMILES string of the molecule is CC1C/C(=C\c2cccn2C)C(=O)/C(=C/c2cccn2C)C1. The summed E-state index contributed by atoms with van der Waals surface area (Å²) in [5, 5.41) is 0. The molecular weight excluding hydrogens is 272 g/mol. The Labute approximate surface area is 131 Å². The summed E-state index contributed by atoms with van der Waals surface area (Å²) in [5.41, 5.74) is 3.99. The van der Waals surface area contributed by atoms with Gasteiger partial charge in [0.25, 0.3) is 0 Å². The van der Waals surface area contributed by atoms with Crippen LogP contribution in [0.3, 0.4) is 0 Å². The third-order valence-corrected chi connectivity index (χ3v) is 4.33. The Morgan fingerprint density at radius 2 is 1.41 bits per heavy atom. The molecule has 0 aromatic carbocycles. The zero-order valence-electron chi connectivity index (χ0n) is 13.4. The van der Waals surface area contributed by atoms with E-state index in [4.69, 9.17) is 0 Å². The zero-order chi connectivity index (χ0) is 15.7. The Morgan fingerprint density at radius 1 is 0.955 bits per heavy atom. The molecule has 3 nitrogen and oxygen atoms in total. The second-order valence-electron chi connectivity index (χ2n) is 6.27. The molecule has 3 rings (SSSR count). The molecule has 1 aliphatic carbocycles. The van der Waals surface area contributed by atoms with Crippen molar-refractivity contribution in [2.45, 2.75) is 19.8 Å². The number of aryl methyl sites for hydroxylation is 2. The number of aromatic nitrogens is 2. The molecule has 2 aromatic rings. The Balaban J connectivity index is 1.96. The van der Waals surface area contributed by atoms with Crippen LogP contribution in [0.25, 0.3) is 12.2 Å². The first-order chi connectivity index (χ1) is 10.5. The molecule has 0 unspecified atom stereocenters. The van der Waals surface area contributed by atoms with Crippen molar-refractivity contribution in [1.82, 2.24) is 9.13 Å². The molecule has 0 spiro atoms. The first kappa shape index (κ1) is 14.6. The van der Waals surface area contributed by atoms with Crippen LogP contribution in [0.2, 0.25) is 0 Å². The molecule has 22 heavy (non-hydrogen) atoms. The van der Waals surface area contributed by atoms with Crippen LogP contribution in [0.15, 0.2) is 47.8 Å². The summed E-state index contributed by atoms with van der Waals surface area (Å²) in [6.07, 6.45) is 9.80. The molecule has 2 heterocycles. The van der Waals surface area contributed by atoms with Gasteiger partial charge in [-0.25, -0.2) is 0 Å². The molecule has 0 aliphatic heterocycles. The van der Waals surface area contributed by atoms with Crippen molar-refractivity contribution in [3.63, 3.8) is 0 Å². The topological polar surface area (TPSA) is 26.9 Å². The number of carbonyl (C=O) groups excluding carboxylic acids is 1. The first-order valence-electron chi connectivity index (χ1n) is 7.73. The lowest BCUT2D eigenvalue weighted by molar-refractivity contribution is -0.113. The van der Waals surface area contributed by atoms with E-state index in [1.807, 2.05) is 72.0 Å². The molecule has 1 fully saturated rings. The highest BCUT2D eigenvalue weighted by Crippen LogP contribution is 2.32. The van der Waals surface area contributed by atoms with Crippen LogP contribution >= 0.6 is 0 Å². The van der Waals surface area contributed by atoms with Gasteiger partial charge >= 0.3 is 0 Å². The van der Waals surface area contributed by atoms with Crippen LogP contribution in [0, 0.1) is 5.92 Å². The molecule has 0 atom stereocenters. The third kappa shape index (κ3) is 2.84. The van der Waals surface area contributed by atoms with Gasteiger partial charge in [0.15, 0.2) is 5.78 Å². The molecule has 0 radical (unpaired) electrons. The van der Waals surface area contributed by atoms with Gasteiger partial charge in [-0.1, -0.05) is 6.92 Å². The maximum absolute atomic E-state index is 12.8. The number of nitrogens with zero attached hydrogens (tertiary/aromatic N) is 2. The van der Waals surface area contributed by atoms with Gasteiger partial charge in [-0.3, -0.25) is 4.79 Å². The van der Waals surface area contributed by atoms with Crippen molar-refractivity contribution in [3.05, 3.63) is 59.2 Å². The average Bonchev–Trinajstić information content (AvgIpc) is 3.05. The summed E-state index contributed by atoms with van der Waals surface area (Å²) in [5.74, 6) is 0.691. The lowest BCUT2D eigenvalue weighted by Crippen LogP contribution is -2.18. The molecule has 3 heteroatoms. The van der Waals surface area contributed by atoms with Crippen LogP contribution in [-0.4, -0.2) is 14.9 Å². The fourth-order valence-electron chi connectivity index (χ4n) is 3.07. The molecule has 1 aliphatic rings. The van der Waals surface area contributed by atoms with Gasteiger partial charge in [0, 0.05) is 49.0 Å². The van der Waals surface area contributed by atoms with E-state index in [1.165, 1.54) is 0 Å². The summed E-state index contributed by atoms with van der Waals surface area (Å²) in [6, 6.07) is 8.09. The van der Waals surface area contributed by atoms with Crippen LogP contribution in [-0.2, 0) is 18.9 Å². The minimum Gasteiger partial charge on any atom is -0.351 e. The maximum Gasteiger partial charge on any atom is 0.185 e.